The Kier molecular flexibility index (Phi) is 4.45. The summed E-state index contributed by atoms with van der Waals surface area (Å²) in [6.07, 6.45) is 2.13. The van der Waals surface area contributed by atoms with Crippen LogP contribution < -0.4 is 5.32 Å². The Morgan fingerprint density at radius 3 is 3.00 bits per heavy atom. The summed E-state index contributed by atoms with van der Waals surface area (Å²) >= 11 is 0. The fraction of sp³-hybridized carbons (Fsp3) is 0.600. The number of nitrogens with zero attached hydrogens (tertiary/aromatic N) is 4. The monoisotopic (exact) mass is 221 g/mol. The summed E-state index contributed by atoms with van der Waals surface area (Å²) in [4.78, 5) is 11.5. The van der Waals surface area contributed by atoms with Crippen LogP contribution in [0.2, 0.25) is 0 Å². The van der Waals surface area contributed by atoms with Crippen LogP contribution in [0.25, 0.3) is 0 Å². The summed E-state index contributed by atoms with van der Waals surface area (Å²) < 4.78 is 1.84. The number of aryl methyl sites for hydroxylation is 1. The molecule has 0 spiro atoms. The van der Waals surface area contributed by atoms with E-state index in [0.29, 0.717) is 18.8 Å². The van der Waals surface area contributed by atoms with Crippen LogP contribution in [0.3, 0.4) is 0 Å². The Bertz CT molecular complexity index is 392. The third kappa shape index (κ3) is 2.79. The molecule has 1 rings (SSSR count). The second-order valence-corrected chi connectivity index (χ2v) is 3.34. The highest BCUT2D eigenvalue weighted by Gasteiger charge is 2.15. The zero-order valence-electron chi connectivity index (χ0n) is 9.47. The molecule has 0 aliphatic rings. The Hall–Kier alpha value is -1.90. The molecule has 1 aromatic rings. The average Bonchev–Trinajstić information content (AvgIpc) is 2.75. The summed E-state index contributed by atoms with van der Waals surface area (Å²) in [6, 6.07) is 1.96. The molecule has 6 nitrogen and oxygen atoms in total. The van der Waals surface area contributed by atoms with Crippen molar-refractivity contribution in [3.05, 3.63) is 12.2 Å². The van der Waals surface area contributed by atoms with Crippen molar-refractivity contribution in [3.63, 3.8) is 0 Å². The maximum atomic E-state index is 11.5. The zero-order chi connectivity index (χ0) is 12.0. The summed E-state index contributed by atoms with van der Waals surface area (Å²) in [5.74, 6) is -0.141. The van der Waals surface area contributed by atoms with Crippen LogP contribution in [-0.4, -0.2) is 20.7 Å². The van der Waals surface area contributed by atoms with Crippen molar-refractivity contribution in [2.24, 2.45) is 5.92 Å². The van der Waals surface area contributed by atoms with E-state index in [2.05, 4.69) is 15.5 Å². The van der Waals surface area contributed by atoms with Crippen molar-refractivity contribution < 1.29 is 4.79 Å². The average molecular weight is 221 g/mol. The molecule has 6 heteroatoms. The normalized spacial score (nSPS) is 11.8. The molecule has 86 valence electrons. The smallest absolute Gasteiger partial charge is 0.237 e. The first-order valence-corrected chi connectivity index (χ1v) is 5.26. The topological polar surface area (TPSA) is 83.6 Å². The quantitative estimate of drug-likeness (QED) is 0.783. The van der Waals surface area contributed by atoms with Crippen molar-refractivity contribution in [1.29, 1.82) is 5.26 Å². The Labute approximate surface area is 94.3 Å². The van der Waals surface area contributed by atoms with Gasteiger partial charge in [-0.25, -0.2) is 0 Å². The van der Waals surface area contributed by atoms with Gasteiger partial charge in [-0.3, -0.25) is 4.79 Å². The molecule has 0 bridgehead atoms. The van der Waals surface area contributed by atoms with E-state index in [1.165, 1.54) is 0 Å². The molecular formula is C10H15N5O. The van der Waals surface area contributed by atoms with E-state index in [1.807, 2.05) is 24.5 Å². The predicted molar refractivity (Wildman–Crippen MR) is 56.9 cm³/mol. The van der Waals surface area contributed by atoms with Gasteiger partial charge in [0.2, 0.25) is 5.91 Å². The fourth-order valence-corrected chi connectivity index (χ4v) is 1.30. The molecule has 0 aliphatic heterocycles. The zero-order valence-corrected chi connectivity index (χ0v) is 9.47. The lowest BCUT2D eigenvalue weighted by Gasteiger charge is -2.08. The van der Waals surface area contributed by atoms with E-state index in [-0.39, 0.29) is 5.91 Å². The van der Waals surface area contributed by atoms with Crippen molar-refractivity contribution in [2.75, 3.05) is 0 Å². The van der Waals surface area contributed by atoms with Gasteiger partial charge in [-0.15, -0.1) is 10.2 Å². The first-order valence-electron chi connectivity index (χ1n) is 5.26. The highest BCUT2D eigenvalue weighted by molar-refractivity contribution is 5.80. The second-order valence-electron chi connectivity index (χ2n) is 3.34. The van der Waals surface area contributed by atoms with Gasteiger partial charge in [-0.05, 0) is 13.3 Å². The van der Waals surface area contributed by atoms with Crippen molar-refractivity contribution in [2.45, 2.75) is 33.4 Å². The number of nitriles is 1. The van der Waals surface area contributed by atoms with E-state index in [0.717, 1.165) is 6.54 Å². The van der Waals surface area contributed by atoms with E-state index in [1.54, 1.807) is 6.33 Å². The third-order valence-electron chi connectivity index (χ3n) is 2.34. The van der Waals surface area contributed by atoms with E-state index in [9.17, 15) is 4.79 Å². The van der Waals surface area contributed by atoms with E-state index in [4.69, 9.17) is 5.26 Å². The molecule has 1 N–H and O–H groups in total. The molecule has 0 aliphatic carbocycles. The third-order valence-corrected chi connectivity index (χ3v) is 2.34. The van der Waals surface area contributed by atoms with Gasteiger partial charge in [-0.2, -0.15) is 5.26 Å². The van der Waals surface area contributed by atoms with Crippen LogP contribution in [0.15, 0.2) is 6.33 Å². The Morgan fingerprint density at radius 1 is 1.69 bits per heavy atom. The van der Waals surface area contributed by atoms with Gasteiger partial charge in [0, 0.05) is 6.54 Å². The summed E-state index contributed by atoms with van der Waals surface area (Å²) in [5, 5.41) is 19.0. The minimum atomic E-state index is -0.585. The molecule has 1 atom stereocenters. The summed E-state index contributed by atoms with van der Waals surface area (Å²) in [7, 11) is 0. The number of hydrogen-bond donors (Lipinski definition) is 1. The van der Waals surface area contributed by atoms with Gasteiger partial charge in [-0.1, -0.05) is 6.92 Å². The number of nitrogens with one attached hydrogen (secondary N) is 1. The molecule has 1 heterocycles. The second kappa shape index (κ2) is 5.85. The molecule has 0 radical (unpaired) electrons. The molecule has 1 aromatic heterocycles. The Balaban J connectivity index is 2.52. The van der Waals surface area contributed by atoms with Crippen LogP contribution in [0.5, 0.6) is 0 Å². The standard InChI is InChI=1S/C10H15N5O/c1-3-8(5-11)10(16)12-6-9-14-13-7-15(9)4-2/h7-8H,3-4,6H2,1-2H3,(H,12,16). The van der Waals surface area contributed by atoms with Gasteiger partial charge >= 0.3 is 0 Å². The van der Waals surface area contributed by atoms with Gasteiger partial charge in [0.25, 0.3) is 0 Å². The van der Waals surface area contributed by atoms with Crippen LogP contribution in [-0.2, 0) is 17.9 Å². The maximum absolute atomic E-state index is 11.5. The van der Waals surface area contributed by atoms with Crippen LogP contribution in [0.4, 0.5) is 0 Å². The van der Waals surface area contributed by atoms with Gasteiger partial charge in [0.15, 0.2) is 5.82 Å². The van der Waals surface area contributed by atoms with Gasteiger partial charge in [0.1, 0.15) is 12.2 Å². The molecule has 0 saturated heterocycles. The molecule has 1 amide bonds. The summed E-state index contributed by atoms with van der Waals surface area (Å²) in [5.41, 5.74) is 0. The van der Waals surface area contributed by atoms with Crippen LogP contribution >= 0.6 is 0 Å². The lowest BCUT2D eigenvalue weighted by Crippen LogP contribution is -2.30. The number of hydrogen-bond acceptors (Lipinski definition) is 4. The molecular weight excluding hydrogens is 206 g/mol. The highest BCUT2D eigenvalue weighted by atomic mass is 16.1. The fourth-order valence-electron chi connectivity index (χ4n) is 1.30. The number of carbonyl (C=O) groups is 1. The van der Waals surface area contributed by atoms with Crippen LogP contribution in [0, 0.1) is 17.2 Å². The Morgan fingerprint density at radius 2 is 2.44 bits per heavy atom. The molecule has 0 aromatic carbocycles. The lowest BCUT2D eigenvalue weighted by molar-refractivity contribution is -0.123. The minimum absolute atomic E-state index is 0.254. The maximum Gasteiger partial charge on any atom is 0.237 e. The number of aromatic nitrogens is 3. The first kappa shape index (κ1) is 12.2. The van der Waals surface area contributed by atoms with Crippen molar-refractivity contribution >= 4 is 5.91 Å². The molecule has 16 heavy (non-hydrogen) atoms. The number of carbonyl (C=O) groups excluding carboxylic acids is 1. The predicted octanol–water partition coefficient (Wildman–Crippen LogP) is 0.464. The first-order chi connectivity index (χ1) is 7.72. The van der Waals surface area contributed by atoms with Crippen molar-refractivity contribution in [3.8, 4) is 6.07 Å². The number of rotatable bonds is 5. The van der Waals surface area contributed by atoms with Gasteiger partial charge in [0.05, 0.1) is 12.6 Å². The number of amides is 1. The largest absolute Gasteiger partial charge is 0.348 e. The highest BCUT2D eigenvalue weighted by Crippen LogP contribution is 2.01. The van der Waals surface area contributed by atoms with Crippen molar-refractivity contribution in [1.82, 2.24) is 20.1 Å². The van der Waals surface area contributed by atoms with Gasteiger partial charge < -0.3 is 9.88 Å². The summed E-state index contributed by atoms with van der Waals surface area (Å²) in [6.45, 7) is 4.85. The molecule has 0 fully saturated rings. The minimum Gasteiger partial charge on any atom is -0.348 e. The SMILES string of the molecule is CCC(C#N)C(=O)NCc1nncn1CC. The van der Waals surface area contributed by atoms with E-state index >= 15 is 0 Å². The van der Waals surface area contributed by atoms with E-state index < -0.39 is 5.92 Å². The van der Waals surface area contributed by atoms with Crippen LogP contribution in [0.1, 0.15) is 26.1 Å². The molecule has 0 saturated carbocycles. The molecule has 1 unspecified atom stereocenters. The lowest BCUT2D eigenvalue weighted by atomic mass is 10.1.